The molecular weight excluding hydrogens is 518 g/mol. The molecule has 0 bridgehead atoms. The van der Waals surface area contributed by atoms with Gasteiger partial charge in [-0.05, 0) is 63.9 Å². The lowest BCUT2D eigenvalue weighted by molar-refractivity contribution is 0.0206. The Morgan fingerprint density at radius 2 is 1.85 bits per heavy atom. The van der Waals surface area contributed by atoms with Gasteiger partial charge in [0.2, 0.25) is 5.95 Å². The average Bonchev–Trinajstić information content (AvgIpc) is 3.35. The smallest absolute Gasteiger partial charge is 0.410 e. The first-order valence-electron chi connectivity index (χ1n) is 13.8. The highest BCUT2D eigenvalue weighted by Gasteiger charge is 2.28. The molecule has 10 heteroatoms. The highest BCUT2D eigenvalue weighted by Crippen LogP contribution is 2.30. The zero-order chi connectivity index (χ0) is 28.6. The number of imidazole rings is 1. The van der Waals surface area contributed by atoms with Crippen molar-refractivity contribution in [2.45, 2.75) is 45.3 Å². The van der Waals surface area contributed by atoms with Crippen LogP contribution in [0.4, 0.5) is 10.7 Å². The Labute approximate surface area is 238 Å². The number of pyridine rings is 1. The first-order valence-corrected chi connectivity index (χ1v) is 13.8. The Morgan fingerprint density at radius 1 is 1.00 bits per heavy atom. The lowest BCUT2D eigenvalue weighted by Crippen LogP contribution is -2.47. The van der Waals surface area contributed by atoms with Crippen molar-refractivity contribution < 1.29 is 14.3 Å². The van der Waals surface area contributed by atoms with Gasteiger partial charge >= 0.3 is 6.09 Å². The summed E-state index contributed by atoms with van der Waals surface area (Å²) in [6.45, 7) is 6.81. The van der Waals surface area contributed by atoms with Gasteiger partial charge in [-0.2, -0.15) is 4.98 Å². The van der Waals surface area contributed by atoms with Crippen LogP contribution in [-0.4, -0.2) is 67.3 Å². The van der Waals surface area contributed by atoms with Gasteiger partial charge in [0.15, 0.2) is 5.82 Å². The van der Waals surface area contributed by atoms with Gasteiger partial charge in [0.25, 0.3) is 0 Å². The van der Waals surface area contributed by atoms with Crippen LogP contribution in [0.1, 0.15) is 33.6 Å². The Bertz CT molecular complexity index is 1730. The normalized spacial score (nSPS) is 15.7. The van der Waals surface area contributed by atoms with E-state index in [9.17, 15) is 4.79 Å². The van der Waals surface area contributed by atoms with Crippen LogP contribution in [0.2, 0.25) is 0 Å². The SMILES string of the molecule is COc1ccc2c(c1)nc(-c1ccc3ccccc3n1)n2-c1ccnc(N[C@H]2CCCN(C(=O)OC(C)(C)C)C2)n1. The summed E-state index contributed by atoms with van der Waals surface area (Å²) in [6, 6.07) is 19.7. The van der Waals surface area contributed by atoms with Crippen molar-refractivity contribution in [3.63, 3.8) is 0 Å². The van der Waals surface area contributed by atoms with E-state index < -0.39 is 5.60 Å². The van der Waals surface area contributed by atoms with E-state index in [1.165, 1.54) is 0 Å². The van der Waals surface area contributed by atoms with Crippen molar-refractivity contribution in [1.29, 1.82) is 0 Å². The average molecular weight is 552 g/mol. The number of nitrogens with zero attached hydrogens (tertiary/aromatic N) is 6. The monoisotopic (exact) mass is 551 g/mol. The topological polar surface area (TPSA) is 107 Å². The number of carbonyl (C=O) groups is 1. The molecule has 10 nitrogen and oxygen atoms in total. The molecule has 0 aliphatic carbocycles. The maximum absolute atomic E-state index is 12.7. The van der Waals surface area contributed by atoms with Gasteiger partial charge in [0, 0.05) is 36.8 Å². The molecule has 1 aliphatic rings. The first-order chi connectivity index (χ1) is 19.8. The Balaban J connectivity index is 1.35. The fourth-order valence-electron chi connectivity index (χ4n) is 5.09. The molecule has 1 fully saturated rings. The van der Waals surface area contributed by atoms with Crippen LogP contribution in [0, 0.1) is 0 Å². The van der Waals surface area contributed by atoms with Crippen LogP contribution < -0.4 is 10.1 Å². The number of amides is 1. The minimum atomic E-state index is -0.538. The highest BCUT2D eigenvalue weighted by atomic mass is 16.6. The lowest BCUT2D eigenvalue weighted by Gasteiger charge is -2.34. The van der Waals surface area contributed by atoms with E-state index in [1.54, 1.807) is 18.2 Å². The van der Waals surface area contributed by atoms with Crippen LogP contribution >= 0.6 is 0 Å². The van der Waals surface area contributed by atoms with Gasteiger partial charge in [0.05, 0.1) is 23.7 Å². The minimum absolute atomic E-state index is 0.00284. The molecule has 0 radical (unpaired) electrons. The third kappa shape index (κ3) is 5.63. The number of para-hydroxylation sites is 1. The zero-order valence-electron chi connectivity index (χ0n) is 23.7. The predicted molar refractivity (Wildman–Crippen MR) is 158 cm³/mol. The molecule has 5 aromatic rings. The minimum Gasteiger partial charge on any atom is -0.497 e. The molecule has 0 unspecified atom stereocenters. The molecule has 1 saturated heterocycles. The third-order valence-corrected chi connectivity index (χ3v) is 6.97. The number of benzene rings is 2. The molecule has 2 aromatic carbocycles. The molecule has 41 heavy (non-hydrogen) atoms. The van der Waals surface area contributed by atoms with Crippen LogP contribution in [0.3, 0.4) is 0 Å². The number of carbonyl (C=O) groups excluding carboxylic acids is 1. The number of aromatic nitrogens is 5. The van der Waals surface area contributed by atoms with E-state index in [1.807, 2.05) is 86.0 Å². The molecule has 1 aliphatic heterocycles. The van der Waals surface area contributed by atoms with Gasteiger partial charge in [-0.1, -0.05) is 24.3 Å². The van der Waals surface area contributed by atoms with Crippen molar-refractivity contribution in [3.8, 4) is 23.1 Å². The molecule has 1 N–H and O–H groups in total. The van der Waals surface area contributed by atoms with E-state index in [-0.39, 0.29) is 12.1 Å². The number of nitrogens with one attached hydrogen (secondary N) is 1. The second-order valence-electron chi connectivity index (χ2n) is 11.2. The number of ether oxygens (including phenoxy) is 2. The first kappa shape index (κ1) is 26.5. The Hall–Kier alpha value is -4.73. The Kier molecular flexibility index (Phi) is 6.90. The summed E-state index contributed by atoms with van der Waals surface area (Å²) < 4.78 is 13.0. The van der Waals surface area contributed by atoms with Crippen molar-refractivity contribution in [2.75, 3.05) is 25.5 Å². The molecular formula is C31H33N7O3. The van der Waals surface area contributed by atoms with Crippen molar-refractivity contribution >= 4 is 34.0 Å². The van der Waals surface area contributed by atoms with E-state index in [0.717, 1.165) is 46.2 Å². The van der Waals surface area contributed by atoms with Crippen LogP contribution in [-0.2, 0) is 4.74 Å². The quantitative estimate of drug-likeness (QED) is 0.290. The summed E-state index contributed by atoms with van der Waals surface area (Å²) in [4.78, 5) is 33.7. The molecule has 0 saturated carbocycles. The second-order valence-corrected chi connectivity index (χ2v) is 11.2. The summed E-state index contributed by atoms with van der Waals surface area (Å²) in [5, 5.41) is 4.50. The number of methoxy groups -OCH3 is 1. The lowest BCUT2D eigenvalue weighted by atomic mass is 10.1. The second kappa shape index (κ2) is 10.7. The van der Waals surface area contributed by atoms with E-state index in [2.05, 4.69) is 10.3 Å². The molecule has 6 rings (SSSR count). The maximum Gasteiger partial charge on any atom is 0.410 e. The zero-order valence-corrected chi connectivity index (χ0v) is 23.7. The number of piperidine rings is 1. The van der Waals surface area contributed by atoms with Gasteiger partial charge in [-0.25, -0.2) is 19.7 Å². The molecule has 4 heterocycles. The van der Waals surface area contributed by atoms with Crippen LogP contribution in [0.15, 0.2) is 66.9 Å². The predicted octanol–water partition coefficient (Wildman–Crippen LogP) is 5.85. The largest absolute Gasteiger partial charge is 0.497 e. The van der Waals surface area contributed by atoms with E-state index in [4.69, 9.17) is 24.4 Å². The van der Waals surface area contributed by atoms with Crippen molar-refractivity contribution in [3.05, 3.63) is 66.9 Å². The highest BCUT2D eigenvalue weighted by molar-refractivity contribution is 5.86. The summed E-state index contributed by atoms with van der Waals surface area (Å²) in [6.07, 6.45) is 3.19. The molecule has 210 valence electrons. The number of hydrogen-bond donors (Lipinski definition) is 1. The fraction of sp³-hybridized carbons (Fsp3) is 0.323. The Morgan fingerprint density at radius 3 is 2.68 bits per heavy atom. The van der Waals surface area contributed by atoms with Gasteiger partial charge in [-0.3, -0.25) is 4.57 Å². The van der Waals surface area contributed by atoms with Crippen molar-refractivity contribution in [2.24, 2.45) is 0 Å². The summed E-state index contributed by atoms with van der Waals surface area (Å²) in [7, 11) is 1.64. The number of anilines is 1. The number of hydrogen-bond acceptors (Lipinski definition) is 8. The third-order valence-electron chi connectivity index (χ3n) is 6.97. The standard InChI is InChI=1S/C31H33N7O3/c1-31(2,3)41-30(39)37-17-7-9-21(19-37)33-29-32-16-15-27(36-29)38-26-14-12-22(40-4)18-25(26)35-28(38)24-13-11-20-8-5-6-10-23(20)34-24/h5-6,8,10-16,18,21H,7,9,17,19H2,1-4H3,(H,32,33,36)/t21-/m0/s1. The molecule has 1 atom stereocenters. The number of rotatable bonds is 5. The van der Waals surface area contributed by atoms with Gasteiger partial charge < -0.3 is 19.7 Å². The van der Waals surface area contributed by atoms with Gasteiger partial charge in [-0.15, -0.1) is 0 Å². The van der Waals surface area contributed by atoms with Crippen molar-refractivity contribution in [1.82, 2.24) is 29.4 Å². The van der Waals surface area contributed by atoms with Gasteiger partial charge in [0.1, 0.15) is 22.9 Å². The van der Waals surface area contributed by atoms with Crippen LogP contribution in [0.25, 0.3) is 39.3 Å². The van der Waals surface area contributed by atoms with E-state index in [0.29, 0.717) is 30.7 Å². The van der Waals surface area contributed by atoms with E-state index >= 15 is 0 Å². The summed E-state index contributed by atoms with van der Waals surface area (Å²) in [5.74, 6) is 2.51. The summed E-state index contributed by atoms with van der Waals surface area (Å²) in [5.41, 5.74) is 2.71. The number of likely N-dealkylation sites (tertiary alicyclic amines) is 1. The molecule has 3 aromatic heterocycles. The van der Waals surface area contributed by atoms with Crippen LogP contribution in [0.5, 0.6) is 5.75 Å². The molecule has 0 spiro atoms. The summed E-state index contributed by atoms with van der Waals surface area (Å²) >= 11 is 0. The number of fused-ring (bicyclic) bond motifs is 2. The fourth-order valence-corrected chi connectivity index (χ4v) is 5.09. The molecule has 1 amide bonds. The maximum atomic E-state index is 12.7.